The monoisotopic (exact) mass is 368 g/mol. The topological polar surface area (TPSA) is 59.1 Å². The summed E-state index contributed by atoms with van der Waals surface area (Å²) in [6, 6.07) is 15.6. The minimum absolute atomic E-state index is 0.546. The summed E-state index contributed by atoms with van der Waals surface area (Å²) in [5.41, 5.74) is 3.21. The van der Waals surface area contributed by atoms with Crippen molar-refractivity contribution in [2.45, 2.75) is 13.3 Å². The summed E-state index contributed by atoms with van der Waals surface area (Å²) in [6.07, 6.45) is 2.63. The molecule has 0 aliphatic heterocycles. The van der Waals surface area contributed by atoms with E-state index in [4.69, 9.17) is 16.3 Å². The molecular weight excluding hydrogens is 348 g/mol. The Morgan fingerprint density at radius 3 is 2.62 bits per heavy atom. The van der Waals surface area contributed by atoms with E-state index in [0.717, 1.165) is 35.8 Å². The third-order valence-electron chi connectivity index (χ3n) is 3.97. The molecule has 3 rings (SSSR count). The Balaban J connectivity index is 1.58. The van der Waals surface area contributed by atoms with Crippen LogP contribution >= 0.6 is 11.6 Å². The first-order valence-electron chi connectivity index (χ1n) is 8.37. The van der Waals surface area contributed by atoms with Crippen molar-refractivity contribution < 1.29 is 4.74 Å². The predicted octanol–water partition coefficient (Wildman–Crippen LogP) is 4.85. The molecular formula is C20H21ClN4O. The van der Waals surface area contributed by atoms with Crippen molar-refractivity contribution in [3.63, 3.8) is 0 Å². The summed E-state index contributed by atoms with van der Waals surface area (Å²) in [5.74, 6) is 2.19. The molecule has 0 saturated heterocycles. The molecule has 0 bridgehead atoms. The summed E-state index contributed by atoms with van der Waals surface area (Å²) in [5, 5.41) is 7.27. The first-order chi connectivity index (χ1) is 12.6. The van der Waals surface area contributed by atoms with Crippen LogP contribution in [-0.4, -0.2) is 23.6 Å². The predicted molar refractivity (Wildman–Crippen MR) is 107 cm³/mol. The van der Waals surface area contributed by atoms with E-state index in [1.165, 1.54) is 5.56 Å². The molecule has 3 aromatic rings. The zero-order valence-corrected chi connectivity index (χ0v) is 15.5. The SMILES string of the molecule is COc1ccc(CCNc2ccnc(Nc3ccc(Cl)cc3C)n2)cc1. The molecule has 0 aliphatic rings. The van der Waals surface area contributed by atoms with Crippen LogP contribution < -0.4 is 15.4 Å². The Morgan fingerprint density at radius 1 is 1.08 bits per heavy atom. The lowest BCUT2D eigenvalue weighted by atomic mass is 10.1. The minimum Gasteiger partial charge on any atom is -0.497 e. The van der Waals surface area contributed by atoms with Crippen LogP contribution in [0.2, 0.25) is 5.02 Å². The standard InChI is InChI=1S/C20H21ClN4O/c1-14-13-16(21)5-8-18(14)24-20-23-12-10-19(25-20)22-11-9-15-3-6-17(26-2)7-4-15/h3-8,10,12-13H,9,11H2,1-2H3,(H2,22,23,24,25). The maximum atomic E-state index is 5.99. The van der Waals surface area contributed by atoms with Crippen molar-refractivity contribution in [2.75, 3.05) is 24.3 Å². The minimum atomic E-state index is 0.546. The number of nitrogens with one attached hydrogen (secondary N) is 2. The number of nitrogens with zero attached hydrogens (tertiary/aromatic N) is 2. The molecule has 0 spiro atoms. The van der Waals surface area contributed by atoms with E-state index in [0.29, 0.717) is 11.0 Å². The van der Waals surface area contributed by atoms with Crippen LogP contribution in [0.15, 0.2) is 54.7 Å². The third kappa shape index (κ3) is 4.86. The van der Waals surface area contributed by atoms with E-state index in [2.05, 4.69) is 32.7 Å². The molecule has 2 aromatic carbocycles. The zero-order chi connectivity index (χ0) is 18.4. The zero-order valence-electron chi connectivity index (χ0n) is 14.8. The summed E-state index contributed by atoms with van der Waals surface area (Å²) >= 11 is 5.99. The van der Waals surface area contributed by atoms with Gasteiger partial charge in [-0.05, 0) is 60.9 Å². The number of ether oxygens (including phenoxy) is 1. The highest BCUT2D eigenvalue weighted by atomic mass is 35.5. The Hall–Kier alpha value is -2.79. The van der Waals surface area contributed by atoms with Crippen LogP contribution in [0.5, 0.6) is 5.75 Å². The fourth-order valence-corrected chi connectivity index (χ4v) is 2.76. The van der Waals surface area contributed by atoms with Gasteiger partial charge in [-0.15, -0.1) is 0 Å². The van der Waals surface area contributed by atoms with Crippen LogP contribution in [0.25, 0.3) is 0 Å². The Labute approximate surface area is 158 Å². The smallest absolute Gasteiger partial charge is 0.229 e. The maximum absolute atomic E-state index is 5.99. The summed E-state index contributed by atoms with van der Waals surface area (Å²) in [6.45, 7) is 2.77. The van der Waals surface area contributed by atoms with Gasteiger partial charge in [0.05, 0.1) is 7.11 Å². The van der Waals surface area contributed by atoms with Crippen molar-refractivity contribution in [1.82, 2.24) is 9.97 Å². The number of hydrogen-bond donors (Lipinski definition) is 2. The molecule has 0 saturated carbocycles. The lowest BCUT2D eigenvalue weighted by molar-refractivity contribution is 0.414. The average molecular weight is 369 g/mol. The van der Waals surface area contributed by atoms with Crippen LogP contribution in [0.3, 0.4) is 0 Å². The van der Waals surface area contributed by atoms with Gasteiger partial charge in [0.2, 0.25) is 5.95 Å². The Bertz CT molecular complexity index is 868. The summed E-state index contributed by atoms with van der Waals surface area (Å²) < 4.78 is 5.17. The number of halogens is 1. The fraction of sp³-hybridized carbons (Fsp3) is 0.200. The molecule has 0 fully saturated rings. The number of rotatable bonds is 7. The van der Waals surface area contributed by atoms with Gasteiger partial charge in [-0.1, -0.05) is 23.7 Å². The van der Waals surface area contributed by atoms with E-state index in [1.807, 2.05) is 43.3 Å². The number of benzene rings is 2. The first-order valence-corrected chi connectivity index (χ1v) is 8.75. The molecule has 0 atom stereocenters. The van der Waals surface area contributed by atoms with Crippen LogP contribution in [0.1, 0.15) is 11.1 Å². The maximum Gasteiger partial charge on any atom is 0.229 e. The summed E-state index contributed by atoms with van der Waals surface area (Å²) in [4.78, 5) is 8.78. The summed E-state index contributed by atoms with van der Waals surface area (Å²) in [7, 11) is 1.67. The fourth-order valence-electron chi connectivity index (χ4n) is 2.53. The van der Waals surface area contributed by atoms with E-state index in [9.17, 15) is 0 Å². The van der Waals surface area contributed by atoms with Crippen molar-refractivity contribution >= 4 is 29.1 Å². The number of aryl methyl sites for hydroxylation is 1. The molecule has 6 heteroatoms. The molecule has 1 heterocycles. The Kier molecular flexibility index (Phi) is 5.92. The average Bonchev–Trinajstić information content (AvgIpc) is 2.65. The van der Waals surface area contributed by atoms with Gasteiger partial charge in [0.25, 0.3) is 0 Å². The van der Waals surface area contributed by atoms with Gasteiger partial charge in [0.1, 0.15) is 11.6 Å². The van der Waals surface area contributed by atoms with Crippen molar-refractivity contribution in [1.29, 1.82) is 0 Å². The number of anilines is 3. The van der Waals surface area contributed by atoms with E-state index in [-0.39, 0.29) is 0 Å². The Morgan fingerprint density at radius 2 is 1.88 bits per heavy atom. The molecule has 26 heavy (non-hydrogen) atoms. The molecule has 5 nitrogen and oxygen atoms in total. The van der Waals surface area contributed by atoms with E-state index < -0.39 is 0 Å². The highest BCUT2D eigenvalue weighted by Crippen LogP contribution is 2.22. The molecule has 0 radical (unpaired) electrons. The second kappa shape index (κ2) is 8.54. The molecule has 0 unspecified atom stereocenters. The van der Waals surface area contributed by atoms with Gasteiger partial charge in [-0.25, -0.2) is 4.98 Å². The third-order valence-corrected chi connectivity index (χ3v) is 4.20. The van der Waals surface area contributed by atoms with Crippen LogP contribution in [0, 0.1) is 6.92 Å². The lowest BCUT2D eigenvalue weighted by Crippen LogP contribution is -2.08. The normalized spacial score (nSPS) is 10.4. The van der Waals surface area contributed by atoms with Gasteiger partial charge < -0.3 is 15.4 Å². The number of methoxy groups -OCH3 is 1. The lowest BCUT2D eigenvalue weighted by Gasteiger charge is -2.10. The van der Waals surface area contributed by atoms with Crippen molar-refractivity contribution in [2.24, 2.45) is 0 Å². The van der Waals surface area contributed by atoms with E-state index >= 15 is 0 Å². The molecule has 1 aromatic heterocycles. The number of aromatic nitrogens is 2. The largest absolute Gasteiger partial charge is 0.497 e. The highest BCUT2D eigenvalue weighted by Gasteiger charge is 2.03. The molecule has 134 valence electrons. The first kappa shape index (κ1) is 18.0. The highest BCUT2D eigenvalue weighted by molar-refractivity contribution is 6.30. The van der Waals surface area contributed by atoms with Crippen molar-refractivity contribution in [3.8, 4) is 5.75 Å². The van der Waals surface area contributed by atoms with Gasteiger partial charge >= 0.3 is 0 Å². The molecule has 2 N–H and O–H groups in total. The van der Waals surface area contributed by atoms with Gasteiger partial charge in [0, 0.05) is 23.5 Å². The van der Waals surface area contributed by atoms with Gasteiger partial charge in [0.15, 0.2) is 0 Å². The quantitative estimate of drug-likeness (QED) is 0.624. The molecule has 0 aliphatic carbocycles. The van der Waals surface area contributed by atoms with E-state index in [1.54, 1.807) is 13.3 Å². The van der Waals surface area contributed by atoms with Gasteiger partial charge in [-0.3, -0.25) is 0 Å². The second-order valence-electron chi connectivity index (χ2n) is 5.87. The molecule has 0 amide bonds. The van der Waals surface area contributed by atoms with Gasteiger partial charge in [-0.2, -0.15) is 4.98 Å². The number of hydrogen-bond acceptors (Lipinski definition) is 5. The van der Waals surface area contributed by atoms with Crippen molar-refractivity contribution in [3.05, 3.63) is 70.9 Å². The van der Waals surface area contributed by atoms with Crippen LogP contribution in [0.4, 0.5) is 17.5 Å². The second-order valence-corrected chi connectivity index (χ2v) is 6.31. The van der Waals surface area contributed by atoms with Crippen LogP contribution in [-0.2, 0) is 6.42 Å².